The summed E-state index contributed by atoms with van der Waals surface area (Å²) in [6.07, 6.45) is 2.65. The van der Waals surface area contributed by atoms with Crippen molar-refractivity contribution < 1.29 is 9.18 Å². The van der Waals surface area contributed by atoms with Crippen molar-refractivity contribution in [3.05, 3.63) is 29.8 Å². The van der Waals surface area contributed by atoms with Gasteiger partial charge in [0.15, 0.2) is 0 Å². The molecule has 0 radical (unpaired) electrons. The van der Waals surface area contributed by atoms with E-state index in [0.717, 1.165) is 6.20 Å². The van der Waals surface area contributed by atoms with Crippen molar-refractivity contribution >= 4 is 5.91 Å². The second kappa shape index (κ2) is 4.35. The van der Waals surface area contributed by atoms with E-state index in [0.29, 0.717) is 18.7 Å². The normalized spacial score (nSPS) is 15.8. The lowest BCUT2D eigenvalue weighted by atomic mass is 10.0. The first kappa shape index (κ1) is 10.0. The van der Waals surface area contributed by atoms with E-state index in [1.54, 1.807) is 6.07 Å². The Balaban J connectivity index is 1.87. The van der Waals surface area contributed by atoms with Gasteiger partial charge in [-0.05, 0) is 6.07 Å². The summed E-state index contributed by atoms with van der Waals surface area (Å²) in [6.45, 7) is 1.65. The van der Waals surface area contributed by atoms with E-state index < -0.39 is 0 Å². The summed E-state index contributed by atoms with van der Waals surface area (Å²) in [6, 6.07) is 1.56. The number of nitrogens with zero attached hydrogens (tertiary/aromatic N) is 1. The van der Waals surface area contributed by atoms with Crippen LogP contribution in [0.4, 0.5) is 4.39 Å². The fourth-order valence-corrected chi connectivity index (χ4v) is 1.35. The average molecular weight is 209 g/mol. The Labute approximate surface area is 86.9 Å². The van der Waals surface area contributed by atoms with E-state index in [4.69, 9.17) is 0 Å². The van der Waals surface area contributed by atoms with Gasteiger partial charge in [-0.2, -0.15) is 0 Å². The highest BCUT2D eigenvalue weighted by atomic mass is 19.1. The molecule has 1 saturated heterocycles. The Hall–Kier alpha value is -1.49. The van der Waals surface area contributed by atoms with Gasteiger partial charge in [0.05, 0.1) is 12.1 Å². The fourth-order valence-electron chi connectivity index (χ4n) is 1.35. The maximum Gasteiger partial charge on any atom is 0.225 e. The molecule has 1 aliphatic heterocycles. The maximum absolute atomic E-state index is 13.1. The van der Waals surface area contributed by atoms with E-state index in [-0.39, 0.29) is 24.2 Å². The molecule has 1 aromatic rings. The number of carbonyl (C=O) groups excluding carboxylic acids is 1. The van der Waals surface area contributed by atoms with Crippen molar-refractivity contribution in [3.8, 4) is 0 Å². The number of hydrogen-bond acceptors (Lipinski definition) is 3. The third kappa shape index (κ3) is 2.30. The van der Waals surface area contributed by atoms with Gasteiger partial charge in [-0.25, -0.2) is 4.39 Å². The van der Waals surface area contributed by atoms with E-state index in [1.165, 1.54) is 6.20 Å². The van der Waals surface area contributed by atoms with Gasteiger partial charge >= 0.3 is 0 Å². The molecule has 2 rings (SSSR count). The van der Waals surface area contributed by atoms with Crippen molar-refractivity contribution in [1.29, 1.82) is 0 Å². The van der Waals surface area contributed by atoms with Crippen LogP contribution in [0, 0.1) is 11.7 Å². The van der Waals surface area contributed by atoms with Crippen LogP contribution in [0.15, 0.2) is 18.5 Å². The minimum atomic E-state index is -0.385. The summed E-state index contributed by atoms with van der Waals surface area (Å²) < 4.78 is 13.1. The van der Waals surface area contributed by atoms with Crippen LogP contribution in [0.1, 0.15) is 5.56 Å². The highest BCUT2D eigenvalue weighted by Gasteiger charge is 2.24. The Morgan fingerprint density at radius 2 is 2.47 bits per heavy atom. The first-order chi connectivity index (χ1) is 7.27. The molecule has 1 amide bonds. The lowest BCUT2D eigenvalue weighted by Gasteiger charge is -2.25. The lowest BCUT2D eigenvalue weighted by Crippen LogP contribution is -2.50. The molecule has 0 aliphatic carbocycles. The van der Waals surface area contributed by atoms with Crippen LogP contribution in [0.5, 0.6) is 0 Å². The number of aromatic nitrogens is 1. The highest BCUT2D eigenvalue weighted by molar-refractivity contribution is 5.79. The molecular weight excluding hydrogens is 197 g/mol. The third-order valence-corrected chi connectivity index (χ3v) is 2.46. The lowest BCUT2D eigenvalue weighted by molar-refractivity contribution is -0.126. The highest BCUT2D eigenvalue weighted by Crippen LogP contribution is 2.06. The Bertz CT molecular complexity index is 365. The van der Waals surface area contributed by atoms with Crippen LogP contribution >= 0.6 is 0 Å². The van der Waals surface area contributed by atoms with E-state index in [2.05, 4.69) is 15.6 Å². The van der Waals surface area contributed by atoms with Gasteiger partial charge in [0.25, 0.3) is 0 Å². The Kier molecular flexibility index (Phi) is 2.91. The van der Waals surface area contributed by atoms with Gasteiger partial charge in [0.2, 0.25) is 5.91 Å². The first-order valence-corrected chi connectivity index (χ1v) is 4.84. The average Bonchev–Trinajstić information content (AvgIpc) is 2.14. The number of rotatable bonds is 3. The van der Waals surface area contributed by atoms with Crippen LogP contribution in [-0.4, -0.2) is 24.0 Å². The quantitative estimate of drug-likeness (QED) is 0.740. The summed E-state index contributed by atoms with van der Waals surface area (Å²) in [5.41, 5.74) is 0.464. The van der Waals surface area contributed by atoms with Crippen molar-refractivity contribution in [2.24, 2.45) is 5.92 Å². The van der Waals surface area contributed by atoms with Crippen LogP contribution in [0.25, 0.3) is 0 Å². The van der Waals surface area contributed by atoms with Crippen molar-refractivity contribution in [3.63, 3.8) is 0 Å². The van der Waals surface area contributed by atoms with Crippen LogP contribution < -0.4 is 10.6 Å². The van der Waals surface area contributed by atoms with Crippen molar-refractivity contribution in [2.45, 2.75) is 6.54 Å². The molecule has 0 aromatic carbocycles. The zero-order valence-electron chi connectivity index (χ0n) is 8.16. The summed E-state index contributed by atoms with van der Waals surface area (Å²) in [4.78, 5) is 15.1. The molecular formula is C10H12FN3O. The molecule has 1 aromatic heterocycles. The molecule has 2 heterocycles. The molecule has 2 N–H and O–H groups in total. The minimum absolute atomic E-state index is 0.0232. The molecule has 5 heteroatoms. The molecule has 15 heavy (non-hydrogen) atoms. The molecule has 0 bridgehead atoms. The number of carbonyl (C=O) groups is 1. The topological polar surface area (TPSA) is 54.0 Å². The minimum Gasteiger partial charge on any atom is -0.352 e. The molecule has 0 unspecified atom stereocenters. The smallest absolute Gasteiger partial charge is 0.225 e. The summed E-state index contributed by atoms with van der Waals surface area (Å²) >= 11 is 0. The van der Waals surface area contributed by atoms with Gasteiger partial charge in [-0.1, -0.05) is 0 Å². The predicted molar refractivity (Wildman–Crippen MR) is 52.4 cm³/mol. The number of amides is 1. The number of hydrogen-bond donors (Lipinski definition) is 2. The van der Waals surface area contributed by atoms with Crippen molar-refractivity contribution in [1.82, 2.24) is 15.6 Å². The van der Waals surface area contributed by atoms with Crippen LogP contribution in [0.2, 0.25) is 0 Å². The summed E-state index contributed by atoms with van der Waals surface area (Å²) in [5.74, 6) is -0.371. The number of halogens is 1. The van der Waals surface area contributed by atoms with Crippen LogP contribution in [-0.2, 0) is 11.3 Å². The monoisotopic (exact) mass is 209 g/mol. The standard InChI is InChI=1S/C10H12FN3O/c11-9-6-12-2-1-7(9)5-14-10(15)8-3-13-4-8/h1-2,6,8,13H,3-5H2,(H,14,15). The molecule has 1 aliphatic rings. The molecule has 0 atom stereocenters. The van der Waals surface area contributed by atoms with Gasteiger partial charge in [-0.3, -0.25) is 9.78 Å². The predicted octanol–water partition coefficient (Wildman–Crippen LogP) is 0.0563. The van der Waals surface area contributed by atoms with E-state index in [1.807, 2.05) is 0 Å². The summed E-state index contributed by atoms with van der Waals surface area (Å²) in [5, 5.41) is 5.70. The van der Waals surface area contributed by atoms with Gasteiger partial charge < -0.3 is 10.6 Å². The van der Waals surface area contributed by atoms with Crippen LogP contribution in [0.3, 0.4) is 0 Å². The Morgan fingerprint density at radius 1 is 1.67 bits per heavy atom. The second-order valence-corrected chi connectivity index (χ2v) is 3.54. The number of pyridine rings is 1. The zero-order chi connectivity index (χ0) is 10.7. The third-order valence-electron chi connectivity index (χ3n) is 2.46. The molecule has 80 valence electrons. The molecule has 0 spiro atoms. The molecule has 0 saturated carbocycles. The van der Waals surface area contributed by atoms with E-state index >= 15 is 0 Å². The van der Waals surface area contributed by atoms with Gasteiger partial charge in [0.1, 0.15) is 5.82 Å². The largest absolute Gasteiger partial charge is 0.352 e. The molecule has 4 nitrogen and oxygen atoms in total. The summed E-state index contributed by atoms with van der Waals surface area (Å²) in [7, 11) is 0. The van der Waals surface area contributed by atoms with Gasteiger partial charge in [-0.15, -0.1) is 0 Å². The number of nitrogens with one attached hydrogen (secondary N) is 2. The zero-order valence-corrected chi connectivity index (χ0v) is 8.16. The van der Waals surface area contributed by atoms with E-state index in [9.17, 15) is 9.18 Å². The molecule has 1 fully saturated rings. The first-order valence-electron chi connectivity index (χ1n) is 4.84. The SMILES string of the molecule is O=C(NCc1ccncc1F)C1CNC1. The van der Waals surface area contributed by atoms with Gasteiger partial charge in [0, 0.05) is 31.4 Å². The second-order valence-electron chi connectivity index (χ2n) is 3.54. The Morgan fingerprint density at radius 3 is 3.07 bits per heavy atom. The fraction of sp³-hybridized carbons (Fsp3) is 0.400. The maximum atomic E-state index is 13.1. The van der Waals surface area contributed by atoms with Crippen molar-refractivity contribution in [2.75, 3.05) is 13.1 Å².